The molecule has 1 aromatic carbocycles. The first-order valence-electron chi connectivity index (χ1n) is 5.14. The lowest BCUT2D eigenvalue weighted by Crippen LogP contribution is -2.16. The van der Waals surface area contributed by atoms with Crippen LogP contribution in [-0.4, -0.2) is 12.3 Å². The van der Waals surface area contributed by atoms with E-state index in [0.717, 1.165) is 5.56 Å². The lowest BCUT2D eigenvalue weighted by atomic mass is 9.93. The van der Waals surface area contributed by atoms with E-state index in [1.165, 1.54) is 0 Å². The molecule has 1 rings (SSSR count). The third-order valence-corrected chi connectivity index (χ3v) is 2.71. The summed E-state index contributed by atoms with van der Waals surface area (Å²) < 4.78 is 0. The van der Waals surface area contributed by atoms with Crippen LogP contribution >= 0.6 is 11.6 Å². The molecule has 0 heterocycles. The van der Waals surface area contributed by atoms with E-state index in [9.17, 15) is 4.79 Å². The molecular formula is C12H16ClNO. The fourth-order valence-electron chi connectivity index (χ4n) is 1.52. The monoisotopic (exact) mass is 225 g/mol. The summed E-state index contributed by atoms with van der Waals surface area (Å²) in [6, 6.07) is 7.55. The molecule has 82 valence electrons. The van der Waals surface area contributed by atoms with Gasteiger partial charge in [0.05, 0.1) is 0 Å². The number of benzene rings is 1. The van der Waals surface area contributed by atoms with Gasteiger partial charge in [-0.15, -0.1) is 0 Å². The minimum atomic E-state index is 0.0937. The normalized spacial score (nSPS) is 12.5. The minimum absolute atomic E-state index is 0.0937. The average Bonchev–Trinajstić information content (AvgIpc) is 2.25. The van der Waals surface area contributed by atoms with Crippen molar-refractivity contribution in [1.82, 2.24) is 0 Å². The highest BCUT2D eigenvalue weighted by Crippen LogP contribution is 2.22. The van der Waals surface area contributed by atoms with Crippen molar-refractivity contribution in [3.8, 4) is 0 Å². The van der Waals surface area contributed by atoms with E-state index in [1.54, 1.807) is 0 Å². The number of carbonyl (C=O) groups excluding carboxylic acids is 1. The van der Waals surface area contributed by atoms with E-state index in [-0.39, 0.29) is 11.7 Å². The second-order valence-corrected chi connectivity index (χ2v) is 4.02. The van der Waals surface area contributed by atoms with Crippen LogP contribution in [0.5, 0.6) is 0 Å². The van der Waals surface area contributed by atoms with Crippen molar-refractivity contribution < 1.29 is 4.79 Å². The zero-order valence-electron chi connectivity index (χ0n) is 8.87. The molecule has 0 saturated heterocycles. The second-order valence-electron chi connectivity index (χ2n) is 3.58. The zero-order valence-corrected chi connectivity index (χ0v) is 9.63. The van der Waals surface area contributed by atoms with Gasteiger partial charge in [-0.1, -0.05) is 30.7 Å². The molecule has 1 aromatic rings. The van der Waals surface area contributed by atoms with Crippen LogP contribution in [0.15, 0.2) is 24.3 Å². The van der Waals surface area contributed by atoms with Gasteiger partial charge in [0.25, 0.3) is 0 Å². The maximum Gasteiger partial charge on any atom is 0.133 e. The highest BCUT2D eigenvalue weighted by atomic mass is 35.5. The van der Waals surface area contributed by atoms with Crippen LogP contribution in [0.25, 0.3) is 0 Å². The summed E-state index contributed by atoms with van der Waals surface area (Å²) in [5, 5.41) is 0.690. The van der Waals surface area contributed by atoms with Gasteiger partial charge in [-0.3, -0.25) is 4.79 Å². The number of hydrogen-bond donors (Lipinski definition) is 1. The molecule has 0 aliphatic rings. The molecule has 3 heteroatoms. The molecule has 0 unspecified atom stereocenters. The Morgan fingerprint density at radius 1 is 1.53 bits per heavy atom. The van der Waals surface area contributed by atoms with Crippen molar-refractivity contribution in [3.63, 3.8) is 0 Å². The molecule has 0 fully saturated rings. The number of nitrogens with two attached hydrogens (primary N) is 1. The summed E-state index contributed by atoms with van der Waals surface area (Å²) in [7, 11) is 0. The zero-order chi connectivity index (χ0) is 11.3. The van der Waals surface area contributed by atoms with E-state index in [0.29, 0.717) is 24.4 Å². The number of carbonyl (C=O) groups is 1. The standard InChI is InChI=1S/C12H16ClNO/c1-2-12(15)7-10(8-14)9-4-3-5-11(13)6-9/h3-6,10H,2,7-8,14H2,1H3/t10-/m0/s1. The summed E-state index contributed by atoms with van der Waals surface area (Å²) in [5.41, 5.74) is 6.71. The van der Waals surface area contributed by atoms with E-state index >= 15 is 0 Å². The van der Waals surface area contributed by atoms with Crippen LogP contribution in [0.3, 0.4) is 0 Å². The summed E-state index contributed by atoms with van der Waals surface area (Å²) >= 11 is 5.89. The molecule has 0 aromatic heterocycles. The number of halogens is 1. The molecule has 0 amide bonds. The molecule has 15 heavy (non-hydrogen) atoms. The Kier molecular flexibility index (Phi) is 4.79. The Balaban J connectivity index is 2.78. The van der Waals surface area contributed by atoms with Crippen molar-refractivity contribution in [2.45, 2.75) is 25.7 Å². The van der Waals surface area contributed by atoms with Gasteiger partial charge in [0.2, 0.25) is 0 Å². The molecule has 0 radical (unpaired) electrons. The second kappa shape index (κ2) is 5.89. The maximum atomic E-state index is 11.4. The number of rotatable bonds is 5. The molecule has 1 atom stereocenters. The summed E-state index contributed by atoms with van der Waals surface area (Å²) in [4.78, 5) is 11.4. The van der Waals surface area contributed by atoms with Crippen LogP contribution in [0.4, 0.5) is 0 Å². The lowest BCUT2D eigenvalue weighted by molar-refractivity contribution is -0.119. The van der Waals surface area contributed by atoms with Gasteiger partial charge in [-0.25, -0.2) is 0 Å². The van der Waals surface area contributed by atoms with Gasteiger partial charge >= 0.3 is 0 Å². The molecule has 0 bridgehead atoms. The van der Waals surface area contributed by atoms with Crippen LogP contribution < -0.4 is 5.73 Å². The summed E-state index contributed by atoms with van der Waals surface area (Å²) in [6.45, 7) is 2.35. The van der Waals surface area contributed by atoms with E-state index in [2.05, 4.69) is 0 Å². The molecule has 0 spiro atoms. The first-order chi connectivity index (χ1) is 7.17. The highest BCUT2D eigenvalue weighted by molar-refractivity contribution is 6.30. The minimum Gasteiger partial charge on any atom is -0.330 e. The first kappa shape index (κ1) is 12.2. The summed E-state index contributed by atoms with van der Waals surface area (Å²) in [5.74, 6) is 0.335. The lowest BCUT2D eigenvalue weighted by Gasteiger charge is -2.14. The van der Waals surface area contributed by atoms with Crippen molar-refractivity contribution in [3.05, 3.63) is 34.9 Å². The van der Waals surface area contributed by atoms with Crippen LogP contribution in [0, 0.1) is 0 Å². The van der Waals surface area contributed by atoms with Gasteiger partial charge in [-0.2, -0.15) is 0 Å². The fraction of sp³-hybridized carbons (Fsp3) is 0.417. The van der Waals surface area contributed by atoms with Gasteiger partial charge in [0, 0.05) is 23.8 Å². The number of ketones is 1. The molecule has 0 aliphatic carbocycles. The van der Waals surface area contributed by atoms with Crippen LogP contribution in [0.2, 0.25) is 5.02 Å². The predicted molar refractivity (Wildman–Crippen MR) is 63.2 cm³/mol. The van der Waals surface area contributed by atoms with Crippen molar-refractivity contribution >= 4 is 17.4 Å². The van der Waals surface area contributed by atoms with Gasteiger partial charge in [0.1, 0.15) is 5.78 Å². The molecular weight excluding hydrogens is 210 g/mol. The smallest absolute Gasteiger partial charge is 0.133 e. The Hall–Kier alpha value is -0.860. The van der Waals surface area contributed by atoms with Crippen LogP contribution in [-0.2, 0) is 4.79 Å². The summed E-state index contributed by atoms with van der Waals surface area (Å²) in [6.07, 6.45) is 1.07. The first-order valence-corrected chi connectivity index (χ1v) is 5.52. The quantitative estimate of drug-likeness (QED) is 0.838. The Bertz CT molecular complexity index is 338. The maximum absolute atomic E-state index is 11.4. The third-order valence-electron chi connectivity index (χ3n) is 2.47. The topological polar surface area (TPSA) is 43.1 Å². The Morgan fingerprint density at radius 2 is 2.27 bits per heavy atom. The van der Waals surface area contributed by atoms with Gasteiger partial charge in [-0.05, 0) is 24.2 Å². The highest BCUT2D eigenvalue weighted by Gasteiger charge is 2.13. The molecule has 2 N–H and O–H groups in total. The van der Waals surface area contributed by atoms with Gasteiger partial charge < -0.3 is 5.73 Å². The predicted octanol–water partition coefficient (Wildman–Crippen LogP) is 2.75. The average molecular weight is 226 g/mol. The molecule has 0 saturated carbocycles. The Labute approximate surface area is 95.4 Å². The largest absolute Gasteiger partial charge is 0.330 e. The SMILES string of the molecule is CCC(=O)C[C@@H](CN)c1cccc(Cl)c1. The van der Waals surface area contributed by atoms with E-state index in [4.69, 9.17) is 17.3 Å². The number of hydrogen-bond acceptors (Lipinski definition) is 2. The van der Waals surface area contributed by atoms with Crippen molar-refractivity contribution in [1.29, 1.82) is 0 Å². The van der Waals surface area contributed by atoms with Crippen molar-refractivity contribution in [2.75, 3.05) is 6.54 Å². The van der Waals surface area contributed by atoms with E-state index < -0.39 is 0 Å². The van der Waals surface area contributed by atoms with Crippen molar-refractivity contribution in [2.24, 2.45) is 5.73 Å². The molecule has 0 aliphatic heterocycles. The van der Waals surface area contributed by atoms with E-state index in [1.807, 2.05) is 31.2 Å². The number of Topliss-reactive ketones (excluding diaryl/α,β-unsaturated/α-hetero) is 1. The van der Waals surface area contributed by atoms with Gasteiger partial charge in [0.15, 0.2) is 0 Å². The third kappa shape index (κ3) is 3.65. The molecule has 2 nitrogen and oxygen atoms in total. The van der Waals surface area contributed by atoms with Crippen LogP contribution in [0.1, 0.15) is 31.2 Å². The Morgan fingerprint density at radius 3 is 2.80 bits per heavy atom. The fourth-order valence-corrected chi connectivity index (χ4v) is 1.72.